The van der Waals surface area contributed by atoms with Crippen LogP contribution in [0.4, 0.5) is 0 Å². The van der Waals surface area contributed by atoms with Crippen LogP contribution >= 0.6 is 12.8 Å². The molecule has 3 heteroatoms. The zero-order valence-corrected chi connectivity index (χ0v) is 12.4. The number of hydrogen-bond donors (Lipinski definition) is 1. The van der Waals surface area contributed by atoms with Crippen molar-refractivity contribution < 1.29 is 0 Å². The van der Waals surface area contributed by atoms with Gasteiger partial charge in [-0.05, 0) is 56.4 Å². The van der Waals surface area contributed by atoms with Gasteiger partial charge >= 0.3 is 0 Å². The van der Waals surface area contributed by atoms with Gasteiger partial charge in [0, 0.05) is 11.6 Å². The Hall–Kier alpha value is -0.930. The van der Waals surface area contributed by atoms with Gasteiger partial charge in [-0.25, -0.2) is 0 Å². The highest BCUT2D eigenvalue weighted by Crippen LogP contribution is 2.34. The summed E-state index contributed by atoms with van der Waals surface area (Å²) >= 11 is 4.55. The maximum atomic E-state index is 4.55. The van der Waals surface area contributed by atoms with E-state index in [1.807, 2.05) is 3.97 Å². The van der Waals surface area contributed by atoms with Crippen molar-refractivity contribution in [3.8, 4) is 0 Å². The van der Waals surface area contributed by atoms with Gasteiger partial charge in [0.25, 0.3) is 0 Å². The molecule has 1 aromatic heterocycles. The lowest BCUT2D eigenvalue weighted by Crippen LogP contribution is -2.33. The first-order valence-corrected chi connectivity index (χ1v) is 7.71. The number of thiol groups is 1. The van der Waals surface area contributed by atoms with Crippen LogP contribution in [-0.2, 0) is 0 Å². The van der Waals surface area contributed by atoms with Gasteiger partial charge in [-0.15, -0.1) is 0 Å². The van der Waals surface area contributed by atoms with Crippen molar-refractivity contribution in [3.05, 3.63) is 36.0 Å². The summed E-state index contributed by atoms with van der Waals surface area (Å²) in [5, 5.41) is 1.38. The van der Waals surface area contributed by atoms with Crippen molar-refractivity contribution in [3.63, 3.8) is 0 Å². The maximum Gasteiger partial charge on any atom is 0.0591 e. The van der Waals surface area contributed by atoms with Crippen molar-refractivity contribution in [2.75, 3.05) is 19.6 Å². The van der Waals surface area contributed by atoms with E-state index < -0.39 is 0 Å². The zero-order chi connectivity index (χ0) is 13.2. The molecule has 0 atom stereocenters. The van der Waals surface area contributed by atoms with E-state index in [0.29, 0.717) is 5.92 Å². The lowest BCUT2D eigenvalue weighted by molar-refractivity contribution is 0.213. The number of rotatable bonds is 3. The number of piperidine rings is 1. The molecule has 1 aromatic carbocycles. The average molecular weight is 274 g/mol. The van der Waals surface area contributed by atoms with Gasteiger partial charge in [0.15, 0.2) is 0 Å². The third kappa shape index (κ3) is 2.54. The molecule has 102 valence electrons. The number of aromatic nitrogens is 1. The van der Waals surface area contributed by atoms with Gasteiger partial charge in [0.2, 0.25) is 0 Å². The molecular weight excluding hydrogens is 252 g/mol. The van der Waals surface area contributed by atoms with Crippen LogP contribution in [0.3, 0.4) is 0 Å². The summed E-state index contributed by atoms with van der Waals surface area (Å²) in [6, 6.07) is 8.60. The van der Waals surface area contributed by atoms with Gasteiger partial charge in [-0.2, -0.15) is 0 Å². The van der Waals surface area contributed by atoms with Crippen molar-refractivity contribution in [2.45, 2.75) is 32.1 Å². The third-order valence-corrected chi connectivity index (χ3v) is 4.62. The van der Waals surface area contributed by atoms with E-state index >= 15 is 0 Å². The Kier molecular flexibility index (Phi) is 3.85. The van der Waals surface area contributed by atoms with Gasteiger partial charge in [-0.1, -0.05) is 37.9 Å². The van der Waals surface area contributed by atoms with Crippen LogP contribution in [0.1, 0.15) is 37.7 Å². The Bertz CT molecular complexity index is 553. The number of para-hydroxylation sites is 1. The molecule has 0 aliphatic carbocycles. The van der Waals surface area contributed by atoms with Crippen molar-refractivity contribution in [2.24, 2.45) is 0 Å². The fourth-order valence-corrected chi connectivity index (χ4v) is 3.60. The zero-order valence-electron chi connectivity index (χ0n) is 11.5. The third-order valence-electron chi connectivity index (χ3n) is 4.29. The topological polar surface area (TPSA) is 8.17 Å². The highest BCUT2D eigenvalue weighted by atomic mass is 32.1. The number of nitrogens with zero attached hydrogens (tertiary/aromatic N) is 2. The highest BCUT2D eigenvalue weighted by Gasteiger charge is 2.22. The second kappa shape index (κ2) is 5.59. The molecule has 1 fully saturated rings. The summed E-state index contributed by atoms with van der Waals surface area (Å²) in [5.74, 6) is 0.700. The summed E-state index contributed by atoms with van der Waals surface area (Å²) in [4.78, 5) is 2.59. The second-order valence-electron chi connectivity index (χ2n) is 5.56. The van der Waals surface area contributed by atoms with Crippen LogP contribution in [0.25, 0.3) is 10.9 Å². The van der Waals surface area contributed by atoms with E-state index in [4.69, 9.17) is 0 Å². The quantitative estimate of drug-likeness (QED) is 0.834. The molecule has 2 nitrogen and oxygen atoms in total. The van der Waals surface area contributed by atoms with Crippen LogP contribution in [0, 0.1) is 0 Å². The molecule has 0 amide bonds. The molecule has 1 saturated heterocycles. The average Bonchev–Trinajstić information content (AvgIpc) is 2.78. The molecule has 0 saturated carbocycles. The minimum atomic E-state index is 0.700. The summed E-state index contributed by atoms with van der Waals surface area (Å²) in [6.07, 6.45) is 6.04. The van der Waals surface area contributed by atoms with Crippen LogP contribution in [0.2, 0.25) is 0 Å². The van der Waals surface area contributed by atoms with E-state index in [0.717, 1.165) is 0 Å². The maximum absolute atomic E-state index is 4.55. The van der Waals surface area contributed by atoms with Gasteiger partial charge in [-0.3, -0.25) is 3.97 Å². The largest absolute Gasteiger partial charge is 0.303 e. The minimum absolute atomic E-state index is 0.700. The summed E-state index contributed by atoms with van der Waals surface area (Å²) < 4.78 is 1.98. The molecule has 0 N–H and O–H groups in total. The van der Waals surface area contributed by atoms with Crippen molar-refractivity contribution in [1.29, 1.82) is 0 Å². The fraction of sp³-hybridized carbons (Fsp3) is 0.500. The summed E-state index contributed by atoms with van der Waals surface area (Å²) in [6.45, 7) is 6.00. The Morgan fingerprint density at radius 1 is 1.21 bits per heavy atom. The molecule has 0 radical (unpaired) electrons. The predicted octanol–water partition coefficient (Wildman–Crippen LogP) is 3.92. The first-order valence-electron chi connectivity index (χ1n) is 7.31. The predicted molar refractivity (Wildman–Crippen MR) is 85.0 cm³/mol. The van der Waals surface area contributed by atoms with Crippen LogP contribution in [0.5, 0.6) is 0 Å². The highest BCUT2D eigenvalue weighted by molar-refractivity contribution is 7.78. The van der Waals surface area contributed by atoms with Crippen LogP contribution in [-0.4, -0.2) is 28.5 Å². The normalized spacial score (nSPS) is 18.2. The Morgan fingerprint density at radius 2 is 1.95 bits per heavy atom. The number of hydrogen-bond acceptors (Lipinski definition) is 2. The van der Waals surface area contributed by atoms with Crippen LogP contribution in [0.15, 0.2) is 30.5 Å². The molecule has 2 aromatic rings. The molecular formula is C16H22N2S. The van der Waals surface area contributed by atoms with Gasteiger partial charge in [0.05, 0.1) is 5.52 Å². The van der Waals surface area contributed by atoms with Crippen molar-refractivity contribution in [1.82, 2.24) is 8.87 Å². The standard InChI is InChI=1S/C16H22N2S/c1-2-9-17-10-7-13(8-11-17)15-12-18(19)16-6-4-3-5-14(15)16/h3-6,12-13,19H,2,7-11H2,1H3. The summed E-state index contributed by atoms with van der Waals surface area (Å²) in [7, 11) is 0. The first-order chi connectivity index (χ1) is 9.29. The number of fused-ring (bicyclic) bond motifs is 1. The van der Waals surface area contributed by atoms with E-state index in [9.17, 15) is 0 Å². The molecule has 0 spiro atoms. The number of likely N-dealkylation sites (tertiary alicyclic amines) is 1. The Morgan fingerprint density at radius 3 is 2.68 bits per heavy atom. The van der Waals surface area contributed by atoms with E-state index in [1.54, 1.807) is 0 Å². The Labute approximate surface area is 120 Å². The molecule has 1 aliphatic heterocycles. The lowest BCUT2D eigenvalue weighted by atomic mass is 9.89. The SMILES string of the molecule is CCCN1CCC(c2cn(S)c3ccccc23)CC1. The smallest absolute Gasteiger partial charge is 0.0591 e. The lowest BCUT2D eigenvalue weighted by Gasteiger charge is -2.31. The van der Waals surface area contributed by atoms with Crippen molar-refractivity contribution >= 4 is 23.7 Å². The fourth-order valence-electron chi connectivity index (χ4n) is 3.30. The molecule has 2 heterocycles. The van der Waals surface area contributed by atoms with Gasteiger partial charge < -0.3 is 4.90 Å². The van der Waals surface area contributed by atoms with E-state index in [2.05, 4.69) is 55.1 Å². The number of benzene rings is 1. The molecule has 1 aliphatic rings. The van der Waals surface area contributed by atoms with Gasteiger partial charge in [0.1, 0.15) is 0 Å². The minimum Gasteiger partial charge on any atom is -0.303 e. The molecule has 0 unspecified atom stereocenters. The van der Waals surface area contributed by atoms with Crippen LogP contribution < -0.4 is 0 Å². The second-order valence-corrected chi connectivity index (χ2v) is 5.99. The van der Waals surface area contributed by atoms with E-state index in [-0.39, 0.29) is 0 Å². The first kappa shape index (κ1) is 13.1. The van der Waals surface area contributed by atoms with E-state index in [1.165, 1.54) is 55.4 Å². The molecule has 0 bridgehead atoms. The monoisotopic (exact) mass is 274 g/mol. The Balaban J connectivity index is 1.82. The molecule has 19 heavy (non-hydrogen) atoms. The molecule has 3 rings (SSSR count). The summed E-state index contributed by atoms with van der Waals surface area (Å²) in [5.41, 5.74) is 2.72.